The first-order chi connectivity index (χ1) is 8.77. The van der Waals surface area contributed by atoms with Crippen molar-refractivity contribution in [2.75, 3.05) is 26.2 Å². The van der Waals surface area contributed by atoms with Crippen LogP contribution in [0.2, 0.25) is 5.02 Å². The average molecular weight is 268 g/mol. The topological polar surface area (TPSA) is 45.2 Å². The molecule has 2 rings (SSSR count). The van der Waals surface area contributed by atoms with E-state index in [1.165, 1.54) is 25.5 Å². The van der Waals surface area contributed by atoms with Gasteiger partial charge in [-0.15, -0.1) is 0 Å². The molecule has 0 atom stereocenters. The van der Waals surface area contributed by atoms with Crippen LogP contribution in [0.5, 0.6) is 0 Å². The van der Waals surface area contributed by atoms with Crippen LogP contribution in [-0.4, -0.2) is 42.0 Å². The zero-order chi connectivity index (χ0) is 12.8. The Hall–Kier alpha value is -1.13. The molecule has 1 aliphatic rings. The fraction of sp³-hybridized carbons (Fsp3) is 0.538. The predicted molar refractivity (Wildman–Crippen MR) is 71.9 cm³/mol. The van der Waals surface area contributed by atoms with E-state index < -0.39 is 0 Å². The molecule has 0 unspecified atom stereocenters. The lowest BCUT2D eigenvalue weighted by Gasteiger charge is -2.26. The summed E-state index contributed by atoms with van der Waals surface area (Å²) in [6.07, 6.45) is 6.93. The normalized spacial score (nSPS) is 16.5. The molecular weight excluding hydrogens is 250 g/mol. The lowest BCUT2D eigenvalue weighted by atomic mass is 10.1. The minimum absolute atomic E-state index is 0.148. The van der Waals surface area contributed by atoms with E-state index in [0.29, 0.717) is 17.1 Å². The highest BCUT2D eigenvalue weighted by molar-refractivity contribution is 6.33. The summed E-state index contributed by atoms with van der Waals surface area (Å²) >= 11 is 5.94. The lowest BCUT2D eigenvalue weighted by Crippen LogP contribution is -2.37. The summed E-state index contributed by atoms with van der Waals surface area (Å²) in [7, 11) is 0. The zero-order valence-corrected chi connectivity index (χ0v) is 11.1. The Morgan fingerprint density at radius 1 is 1.39 bits per heavy atom. The van der Waals surface area contributed by atoms with Gasteiger partial charge in [0, 0.05) is 25.5 Å². The van der Waals surface area contributed by atoms with Gasteiger partial charge >= 0.3 is 0 Å². The van der Waals surface area contributed by atoms with Crippen LogP contribution >= 0.6 is 11.6 Å². The monoisotopic (exact) mass is 267 g/mol. The van der Waals surface area contributed by atoms with Crippen LogP contribution in [0.15, 0.2) is 18.5 Å². The Labute approximate surface area is 112 Å². The smallest absolute Gasteiger partial charge is 0.254 e. The molecule has 1 aliphatic heterocycles. The Morgan fingerprint density at radius 3 is 2.89 bits per heavy atom. The molecule has 1 aromatic rings. The number of likely N-dealkylation sites (tertiary alicyclic amines) is 1. The van der Waals surface area contributed by atoms with Crippen molar-refractivity contribution in [3.05, 3.63) is 29.0 Å². The molecule has 4 nitrogen and oxygen atoms in total. The number of rotatable bonds is 4. The first-order valence-corrected chi connectivity index (χ1v) is 6.75. The summed E-state index contributed by atoms with van der Waals surface area (Å²) in [6, 6.07) is 1.63. The second kappa shape index (κ2) is 6.71. The van der Waals surface area contributed by atoms with Crippen LogP contribution in [-0.2, 0) is 0 Å². The predicted octanol–water partition coefficient (Wildman–Crippen LogP) is 1.95. The van der Waals surface area contributed by atoms with Gasteiger partial charge in [0.25, 0.3) is 5.91 Å². The summed E-state index contributed by atoms with van der Waals surface area (Å²) in [6.45, 7) is 3.85. The summed E-state index contributed by atoms with van der Waals surface area (Å²) in [4.78, 5) is 18.1. The van der Waals surface area contributed by atoms with E-state index in [0.717, 1.165) is 19.6 Å². The fourth-order valence-corrected chi connectivity index (χ4v) is 2.34. The Morgan fingerprint density at radius 2 is 2.17 bits per heavy atom. The number of hydrogen-bond donors (Lipinski definition) is 1. The third-order valence-electron chi connectivity index (χ3n) is 3.17. The summed E-state index contributed by atoms with van der Waals surface area (Å²) in [5.41, 5.74) is 0.442. The Balaban J connectivity index is 1.76. The van der Waals surface area contributed by atoms with Crippen LogP contribution in [0.4, 0.5) is 0 Å². The minimum atomic E-state index is -0.148. The average Bonchev–Trinajstić information content (AvgIpc) is 2.40. The molecular formula is C13H18ClN3O. The number of carbonyl (C=O) groups excluding carboxylic acids is 1. The van der Waals surface area contributed by atoms with Gasteiger partial charge in [-0.25, -0.2) is 0 Å². The molecule has 1 N–H and O–H groups in total. The number of carbonyl (C=O) groups is 1. The minimum Gasteiger partial charge on any atom is -0.351 e. The van der Waals surface area contributed by atoms with Crippen molar-refractivity contribution in [2.24, 2.45) is 0 Å². The van der Waals surface area contributed by atoms with Crippen molar-refractivity contribution in [3.8, 4) is 0 Å². The number of aromatic nitrogens is 1. The zero-order valence-electron chi connectivity index (χ0n) is 10.4. The van der Waals surface area contributed by atoms with Crippen molar-refractivity contribution in [2.45, 2.75) is 19.3 Å². The maximum Gasteiger partial charge on any atom is 0.254 e. The first-order valence-electron chi connectivity index (χ1n) is 6.37. The van der Waals surface area contributed by atoms with Gasteiger partial charge in [-0.2, -0.15) is 0 Å². The maximum absolute atomic E-state index is 11.9. The molecule has 0 saturated carbocycles. The Kier molecular flexibility index (Phi) is 4.96. The molecule has 1 amide bonds. The highest BCUT2D eigenvalue weighted by Gasteiger charge is 2.12. The third kappa shape index (κ3) is 3.68. The van der Waals surface area contributed by atoms with Crippen LogP contribution in [0.3, 0.4) is 0 Å². The van der Waals surface area contributed by atoms with Gasteiger partial charge in [0.1, 0.15) is 0 Å². The molecule has 0 radical (unpaired) electrons. The molecule has 0 spiro atoms. The number of piperidine rings is 1. The molecule has 18 heavy (non-hydrogen) atoms. The van der Waals surface area contributed by atoms with Gasteiger partial charge < -0.3 is 10.2 Å². The molecule has 1 aromatic heterocycles. The molecule has 98 valence electrons. The molecule has 0 bridgehead atoms. The van der Waals surface area contributed by atoms with E-state index in [4.69, 9.17) is 11.6 Å². The van der Waals surface area contributed by atoms with Gasteiger partial charge in [-0.1, -0.05) is 18.0 Å². The van der Waals surface area contributed by atoms with E-state index >= 15 is 0 Å². The van der Waals surface area contributed by atoms with E-state index in [2.05, 4.69) is 15.2 Å². The van der Waals surface area contributed by atoms with Crippen LogP contribution < -0.4 is 5.32 Å². The van der Waals surface area contributed by atoms with Crippen molar-refractivity contribution in [1.29, 1.82) is 0 Å². The largest absolute Gasteiger partial charge is 0.351 e. The molecule has 0 aromatic carbocycles. The molecule has 2 heterocycles. The van der Waals surface area contributed by atoms with E-state index in [9.17, 15) is 4.79 Å². The lowest BCUT2D eigenvalue weighted by molar-refractivity contribution is 0.0946. The number of pyridine rings is 1. The number of hydrogen-bond acceptors (Lipinski definition) is 3. The number of amides is 1. The number of nitrogens with one attached hydrogen (secondary N) is 1. The van der Waals surface area contributed by atoms with Crippen molar-refractivity contribution in [3.63, 3.8) is 0 Å². The molecule has 1 fully saturated rings. The van der Waals surface area contributed by atoms with Gasteiger partial charge in [0.15, 0.2) is 0 Å². The van der Waals surface area contributed by atoms with Crippen molar-refractivity contribution in [1.82, 2.24) is 15.2 Å². The quantitative estimate of drug-likeness (QED) is 0.907. The van der Waals surface area contributed by atoms with Gasteiger partial charge in [-0.3, -0.25) is 9.78 Å². The Bertz CT molecular complexity index is 405. The molecule has 1 saturated heterocycles. The van der Waals surface area contributed by atoms with Crippen molar-refractivity contribution < 1.29 is 4.79 Å². The number of nitrogens with zero attached hydrogens (tertiary/aromatic N) is 2. The van der Waals surface area contributed by atoms with Crippen LogP contribution in [0.1, 0.15) is 29.6 Å². The highest BCUT2D eigenvalue weighted by atomic mass is 35.5. The summed E-state index contributed by atoms with van der Waals surface area (Å²) < 4.78 is 0. The molecule has 5 heteroatoms. The van der Waals surface area contributed by atoms with Crippen molar-refractivity contribution >= 4 is 17.5 Å². The fourth-order valence-electron chi connectivity index (χ4n) is 2.15. The van der Waals surface area contributed by atoms with E-state index in [1.54, 1.807) is 12.3 Å². The van der Waals surface area contributed by atoms with Crippen LogP contribution in [0, 0.1) is 0 Å². The summed E-state index contributed by atoms with van der Waals surface area (Å²) in [5, 5.41) is 3.33. The van der Waals surface area contributed by atoms with E-state index in [-0.39, 0.29) is 5.91 Å². The second-order valence-corrected chi connectivity index (χ2v) is 4.92. The van der Waals surface area contributed by atoms with Gasteiger partial charge in [-0.05, 0) is 32.0 Å². The standard InChI is InChI=1S/C13H18ClN3O/c14-12-4-5-15-10-11(12)13(18)16-6-9-17-7-2-1-3-8-17/h4-5,10H,1-3,6-9H2,(H,16,18). The SMILES string of the molecule is O=C(NCCN1CCCCC1)c1cnccc1Cl. The van der Waals surface area contributed by atoms with Crippen LogP contribution in [0.25, 0.3) is 0 Å². The summed E-state index contributed by atoms with van der Waals surface area (Å²) in [5.74, 6) is -0.148. The third-order valence-corrected chi connectivity index (χ3v) is 3.50. The maximum atomic E-state index is 11.9. The van der Waals surface area contributed by atoms with Gasteiger partial charge in [0.05, 0.1) is 10.6 Å². The second-order valence-electron chi connectivity index (χ2n) is 4.51. The molecule has 0 aliphatic carbocycles. The number of halogens is 1. The van der Waals surface area contributed by atoms with E-state index in [1.807, 2.05) is 0 Å². The van der Waals surface area contributed by atoms with Gasteiger partial charge in [0.2, 0.25) is 0 Å². The first kappa shape index (κ1) is 13.3. The highest BCUT2D eigenvalue weighted by Crippen LogP contribution is 2.13.